The number of anilines is 1. The summed E-state index contributed by atoms with van der Waals surface area (Å²) < 4.78 is 24.8. The smallest absolute Gasteiger partial charge is 0.161 e. The van der Waals surface area contributed by atoms with Crippen LogP contribution in [0, 0.1) is 5.82 Å². The number of halogens is 1. The van der Waals surface area contributed by atoms with Crippen LogP contribution in [0.25, 0.3) is 0 Å². The first-order valence-corrected chi connectivity index (χ1v) is 7.71. The molecule has 0 fully saturated rings. The molecule has 0 saturated carbocycles. The fraction of sp³-hybridized carbons (Fsp3) is 0.250. The monoisotopic (exact) mass is 307 g/mol. The van der Waals surface area contributed by atoms with Crippen LogP contribution < -0.4 is 15.2 Å². The van der Waals surface area contributed by atoms with E-state index in [0.717, 1.165) is 5.75 Å². The minimum Gasteiger partial charge on any atom is -0.490 e. The van der Waals surface area contributed by atoms with Gasteiger partial charge in [-0.2, -0.15) is 0 Å². The molecule has 2 aromatic carbocycles. The molecule has 112 valence electrons. The molecular weight excluding hydrogens is 289 g/mol. The van der Waals surface area contributed by atoms with Crippen LogP contribution in [0.3, 0.4) is 0 Å². The summed E-state index contributed by atoms with van der Waals surface area (Å²) in [5.74, 6) is 1.78. The Morgan fingerprint density at radius 2 is 1.81 bits per heavy atom. The van der Waals surface area contributed by atoms with Crippen LogP contribution in [0.15, 0.2) is 47.4 Å². The molecule has 2 rings (SSSR count). The Morgan fingerprint density at radius 1 is 1.10 bits per heavy atom. The molecule has 0 unspecified atom stereocenters. The summed E-state index contributed by atoms with van der Waals surface area (Å²) in [5.41, 5.74) is 5.95. The van der Waals surface area contributed by atoms with E-state index in [1.807, 2.05) is 31.2 Å². The van der Waals surface area contributed by atoms with Crippen LogP contribution in [-0.2, 0) is 0 Å². The predicted molar refractivity (Wildman–Crippen MR) is 84.6 cm³/mol. The molecule has 0 aliphatic heterocycles. The van der Waals surface area contributed by atoms with E-state index in [9.17, 15) is 4.39 Å². The molecule has 0 spiro atoms. The maximum atomic E-state index is 13.6. The van der Waals surface area contributed by atoms with Crippen molar-refractivity contribution >= 4 is 17.4 Å². The van der Waals surface area contributed by atoms with Gasteiger partial charge < -0.3 is 15.2 Å². The lowest BCUT2D eigenvalue weighted by atomic mass is 10.3. The molecule has 0 amide bonds. The molecule has 0 heterocycles. The van der Waals surface area contributed by atoms with Crippen LogP contribution >= 0.6 is 11.8 Å². The highest BCUT2D eigenvalue weighted by molar-refractivity contribution is 7.99. The number of thioether (sulfide) groups is 1. The molecule has 2 N–H and O–H groups in total. The van der Waals surface area contributed by atoms with Crippen molar-refractivity contribution in [2.45, 2.75) is 11.8 Å². The first-order chi connectivity index (χ1) is 10.2. The van der Waals surface area contributed by atoms with Gasteiger partial charge in [0.05, 0.1) is 13.2 Å². The van der Waals surface area contributed by atoms with Crippen LogP contribution in [0.5, 0.6) is 11.5 Å². The summed E-state index contributed by atoms with van der Waals surface area (Å²) in [7, 11) is 0. The Balaban J connectivity index is 1.84. The van der Waals surface area contributed by atoms with Crippen molar-refractivity contribution in [3.8, 4) is 11.5 Å². The van der Waals surface area contributed by atoms with E-state index >= 15 is 0 Å². The average Bonchev–Trinajstić information content (AvgIpc) is 2.47. The lowest BCUT2D eigenvalue weighted by Gasteiger charge is -2.11. The SMILES string of the molecule is CCOc1ccccc1OCCSc1ccc(N)cc1F. The summed E-state index contributed by atoms with van der Waals surface area (Å²) in [5, 5.41) is 0. The molecule has 0 bridgehead atoms. The number of ether oxygens (including phenoxy) is 2. The number of nitrogen functional groups attached to an aromatic ring is 1. The first kappa shape index (κ1) is 15.5. The van der Waals surface area contributed by atoms with Gasteiger partial charge in [0.1, 0.15) is 5.82 Å². The number of nitrogens with two attached hydrogens (primary N) is 1. The molecule has 0 radical (unpaired) electrons. The Kier molecular flexibility index (Phi) is 5.75. The largest absolute Gasteiger partial charge is 0.490 e. The second-order valence-corrected chi connectivity index (χ2v) is 5.40. The van der Waals surface area contributed by atoms with Crippen LogP contribution in [0.2, 0.25) is 0 Å². The van der Waals surface area contributed by atoms with E-state index in [0.29, 0.717) is 35.3 Å². The number of rotatable bonds is 7. The molecule has 0 saturated heterocycles. The second kappa shape index (κ2) is 7.78. The van der Waals surface area contributed by atoms with Gasteiger partial charge in [-0.15, -0.1) is 11.8 Å². The molecule has 5 heteroatoms. The van der Waals surface area contributed by atoms with Crippen molar-refractivity contribution in [1.82, 2.24) is 0 Å². The predicted octanol–water partition coefficient (Wildman–Crippen LogP) is 3.98. The van der Waals surface area contributed by atoms with Crippen molar-refractivity contribution in [2.75, 3.05) is 24.7 Å². The molecule has 21 heavy (non-hydrogen) atoms. The van der Waals surface area contributed by atoms with E-state index in [2.05, 4.69) is 0 Å². The zero-order chi connectivity index (χ0) is 15.1. The molecule has 3 nitrogen and oxygen atoms in total. The summed E-state index contributed by atoms with van der Waals surface area (Å²) in [4.78, 5) is 0.575. The molecule has 0 aliphatic carbocycles. The van der Waals surface area contributed by atoms with Crippen molar-refractivity contribution < 1.29 is 13.9 Å². The fourth-order valence-electron chi connectivity index (χ4n) is 1.78. The van der Waals surface area contributed by atoms with Gasteiger partial charge in [-0.1, -0.05) is 12.1 Å². The Hall–Kier alpha value is -1.88. The van der Waals surface area contributed by atoms with Crippen LogP contribution in [0.1, 0.15) is 6.92 Å². The fourth-order valence-corrected chi connectivity index (χ4v) is 2.53. The Bertz CT molecular complexity index is 592. The van der Waals surface area contributed by atoms with Gasteiger partial charge in [0.15, 0.2) is 11.5 Å². The minimum absolute atomic E-state index is 0.297. The molecule has 0 aromatic heterocycles. The molecular formula is C16H18FNO2S. The topological polar surface area (TPSA) is 44.5 Å². The molecule has 0 atom stereocenters. The summed E-state index contributed by atoms with van der Waals surface area (Å²) in [6, 6.07) is 12.2. The Labute approximate surface area is 128 Å². The van der Waals surface area contributed by atoms with Crippen LogP contribution in [0.4, 0.5) is 10.1 Å². The van der Waals surface area contributed by atoms with Gasteiger partial charge in [0.2, 0.25) is 0 Å². The van der Waals surface area contributed by atoms with E-state index in [1.165, 1.54) is 17.8 Å². The average molecular weight is 307 g/mol. The number of hydrogen-bond donors (Lipinski definition) is 1. The van der Waals surface area contributed by atoms with Crippen molar-refractivity contribution in [1.29, 1.82) is 0 Å². The Morgan fingerprint density at radius 3 is 2.48 bits per heavy atom. The van der Waals surface area contributed by atoms with Gasteiger partial charge in [-0.05, 0) is 37.3 Å². The third kappa shape index (κ3) is 4.56. The van der Waals surface area contributed by atoms with E-state index in [1.54, 1.807) is 12.1 Å². The van der Waals surface area contributed by atoms with E-state index in [4.69, 9.17) is 15.2 Å². The van der Waals surface area contributed by atoms with Gasteiger partial charge in [0, 0.05) is 16.3 Å². The van der Waals surface area contributed by atoms with Gasteiger partial charge >= 0.3 is 0 Å². The second-order valence-electron chi connectivity index (χ2n) is 4.27. The van der Waals surface area contributed by atoms with Crippen molar-refractivity contribution in [3.63, 3.8) is 0 Å². The highest BCUT2D eigenvalue weighted by Gasteiger charge is 2.05. The standard InChI is InChI=1S/C16H18FNO2S/c1-2-19-14-5-3-4-6-15(14)20-9-10-21-16-8-7-12(18)11-13(16)17/h3-8,11H,2,9-10,18H2,1H3. The third-order valence-corrected chi connectivity index (χ3v) is 3.72. The van der Waals surface area contributed by atoms with Crippen LogP contribution in [-0.4, -0.2) is 19.0 Å². The normalized spacial score (nSPS) is 10.4. The van der Waals surface area contributed by atoms with Gasteiger partial charge in [-0.3, -0.25) is 0 Å². The third-order valence-electron chi connectivity index (χ3n) is 2.70. The lowest BCUT2D eigenvalue weighted by molar-refractivity contribution is 0.289. The van der Waals surface area contributed by atoms with E-state index in [-0.39, 0.29) is 5.82 Å². The van der Waals surface area contributed by atoms with Crippen molar-refractivity contribution in [2.24, 2.45) is 0 Å². The number of benzene rings is 2. The quantitative estimate of drug-likeness (QED) is 0.477. The van der Waals surface area contributed by atoms with Crippen molar-refractivity contribution in [3.05, 3.63) is 48.3 Å². The molecule has 0 aliphatic rings. The number of para-hydroxylation sites is 2. The molecule has 2 aromatic rings. The maximum absolute atomic E-state index is 13.6. The summed E-state index contributed by atoms with van der Waals surface area (Å²) in [6.45, 7) is 2.99. The highest BCUT2D eigenvalue weighted by atomic mass is 32.2. The zero-order valence-electron chi connectivity index (χ0n) is 11.8. The van der Waals surface area contributed by atoms with E-state index < -0.39 is 0 Å². The summed E-state index contributed by atoms with van der Waals surface area (Å²) in [6.07, 6.45) is 0. The lowest BCUT2D eigenvalue weighted by Crippen LogP contribution is -2.03. The number of hydrogen-bond acceptors (Lipinski definition) is 4. The highest BCUT2D eigenvalue weighted by Crippen LogP contribution is 2.27. The maximum Gasteiger partial charge on any atom is 0.161 e. The minimum atomic E-state index is -0.297. The zero-order valence-corrected chi connectivity index (χ0v) is 12.7. The summed E-state index contributed by atoms with van der Waals surface area (Å²) >= 11 is 1.40. The van der Waals surface area contributed by atoms with Gasteiger partial charge in [-0.25, -0.2) is 4.39 Å². The van der Waals surface area contributed by atoms with Gasteiger partial charge in [0.25, 0.3) is 0 Å². The first-order valence-electron chi connectivity index (χ1n) is 6.73.